The fraction of sp³-hybridized carbons (Fsp3) is 0.562. The van der Waals surface area contributed by atoms with E-state index < -0.39 is 0 Å². The molecule has 0 spiro atoms. The van der Waals surface area contributed by atoms with Crippen LogP contribution in [0, 0.1) is 18.8 Å². The third kappa shape index (κ3) is 3.30. The molecular formula is C16H20BrNO2S. The largest absolute Gasteiger partial charge is 0.393 e. The highest BCUT2D eigenvalue weighted by molar-refractivity contribution is 9.10. The van der Waals surface area contributed by atoms with E-state index in [1.165, 1.54) is 5.56 Å². The number of hydrogen-bond acceptors (Lipinski definition) is 3. The quantitative estimate of drug-likeness (QED) is 0.832. The van der Waals surface area contributed by atoms with Gasteiger partial charge in [-0.3, -0.25) is 4.79 Å². The minimum absolute atomic E-state index is 0.198. The van der Waals surface area contributed by atoms with Crippen molar-refractivity contribution in [3.63, 3.8) is 0 Å². The van der Waals surface area contributed by atoms with Crippen LogP contribution in [0.25, 0.3) is 0 Å². The number of thioether (sulfide) groups is 1. The molecule has 1 N–H and O–H groups in total. The van der Waals surface area contributed by atoms with Gasteiger partial charge in [-0.1, -0.05) is 15.9 Å². The number of carbonyl (C=O) groups is 1. The van der Waals surface area contributed by atoms with Crippen molar-refractivity contribution in [3.05, 3.63) is 28.2 Å². The number of likely N-dealkylation sites (tertiary alicyclic amines) is 1. The van der Waals surface area contributed by atoms with Crippen molar-refractivity contribution in [2.45, 2.75) is 30.8 Å². The Hall–Kier alpha value is -0.520. The third-order valence-electron chi connectivity index (χ3n) is 4.66. The number of aliphatic hydroxyl groups excluding tert-OH is 1. The van der Waals surface area contributed by atoms with Crippen molar-refractivity contribution in [1.82, 2.24) is 4.90 Å². The number of rotatable bonds is 3. The van der Waals surface area contributed by atoms with Gasteiger partial charge in [0.2, 0.25) is 5.91 Å². The van der Waals surface area contributed by atoms with Crippen LogP contribution in [0.15, 0.2) is 27.6 Å². The summed E-state index contributed by atoms with van der Waals surface area (Å²) in [6.45, 7) is 3.64. The SMILES string of the molecule is Cc1cc(Br)ccc1SCC(=O)N1CC2CCC(O)C2C1. The molecule has 5 heteroatoms. The lowest BCUT2D eigenvalue weighted by atomic mass is 10.00. The van der Waals surface area contributed by atoms with Crippen molar-refractivity contribution >= 4 is 33.6 Å². The minimum atomic E-state index is -0.200. The van der Waals surface area contributed by atoms with E-state index >= 15 is 0 Å². The van der Waals surface area contributed by atoms with E-state index in [1.807, 2.05) is 11.0 Å². The number of nitrogens with zero attached hydrogens (tertiary/aromatic N) is 1. The van der Waals surface area contributed by atoms with Crippen molar-refractivity contribution in [1.29, 1.82) is 0 Å². The first kappa shape index (κ1) is 15.4. The van der Waals surface area contributed by atoms with Gasteiger partial charge in [0.05, 0.1) is 11.9 Å². The van der Waals surface area contributed by atoms with Gasteiger partial charge in [0.25, 0.3) is 0 Å². The third-order valence-corrected chi connectivity index (χ3v) is 6.31. The number of carbonyl (C=O) groups excluding carboxylic acids is 1. The van der Waals surface area contributed by atoms with Crippen molar-refractivity contribution < 1.29 is 9.90 Å². The van der Waals surface area contributed by atoms with Crippen LogP contribution in [0.5, 0.6) is 0 Å². The zero-order valence-electron chi connectivity index (χ0n) is 12.1. The molecule has 1 heterocycles. The summed E-state index contributed by atoms with van der Waals surface area (Å²) in [5.74, 6) is 1.51. The number of amides is 1. The van der Waals surface area contributed by atoms with Gasteiger partial charge in [-0.15, -0.1) is 11.8 Å². The highest BCUT2D eigenvalue weighted by Gasteiger charge is 2.43. The molecule has 2 fully saturated rings. The van der Waals surface area contributed by atoms with E-state index in [-0.39, 0.29) is 12.0 Å². The zero-order chi connectivity index (χ0) is 15.0. The molecule has 1 amide bonds. The second-order valence-electron chi connectivity index (χ2n) is 6.07. The molecule has 1 saturated carbocycles. The van der Waals surface area contributed by atoms with Crippen molar-refractivity contribution in [2.75, 3.05) is 18.8 Å². The van der Waals surface area contributed by atoms with Gasteiger partial charge >= 0.3 is 0 Å². The lowest BCUT2D eigenvalue weighted by Crippen LogP contribution is -2.32. The van der Waals surface area contributed by atoms with Crippen LogP contribution in [0.3, 0.4) is 0 Å². The Labute approximate surface area is 138 Å². The molecule has 1 saturated heterocycles. The first-order valence-electron chi connectivity index (χ1n) is 7.39. The van der Waals surface area contributed by atoms with Crippen LogP contribution >= 0.6 is 27.7 Å². The van der Waals surface area contributed by atoms with E-state index in [1.54, 1.807) is 11.8 Å². The Kier molecular flexibility index (Phi) is 4.62. The van der Waals surface area contributed by atoms with Crippen molar-refractivity contribution in [3.8, 4) is 0 Å². The number of aliphatic hydroxyl groups is 1. The lowest BCUT2D eigenvalue weighted by Gasteiger charge is -2.18. The van der Waals surface area contributed by atoms with Gasteiger partial charge in [-0.05, 0) is 49.4 Å². The Bertz CT molecular complexity index is 551. The molecule has 0 aromatic heterocycles. The van der Waals surface area contributed by atoms with Crippen LogP contribution in [0.2, 0.25) is 0 Å². The molecule has 1 aliphatic carbocycles. The summed E-state index contributed by atoms with van der Waals surface area (Å²) in [4.78, 5) is 15.5. The molecule has 1 aromatic rings. The van der Waals surface area contributed by atoms with Crippen LogP contribution < -0.4 is 0 Å². The van der Waals surface area contributed by atoms with Crippen LogP contribution in [0.4, 0.5) is 0 Å². The monoisotopic (exact) mass is 369 g/mol. The van der Waals surface area contributed by atoms with E-state index in [0.717, 1.165) is 35.3 Å². The van der Waals surface area contributed by atoms with Gasteiger partial charge in [-0.25, -0.2) is 0 Å². The molecule has 21 heavy (non-hydrogen) atoms. The van der Waals surface area contributed by atoms with E-state index in [0.29, 0.717) is 17.6 Å². The number of aryl methyl sites for hydroxylation is 1. The van der Waals surface area contributed by atoms with Gasteiger partial charge in [0.15, 0.2) is 0 Å². The fourth-order valence-electron chi connectivity index (χ4n) is 3.45. The maximum atomic E-state index is 12.3. The molecule has 1 aliphatic heterocycles. The zero-order valence-corrected chi connectivity index (χ0v) is 14.5. The first-order valence-corrected chi connectivity index (χ1v) is 9.17. The Morgan fingerprint density at radius 3 is 2.95 bits per heavy atom. The molecule has 2 aliphatic rings. The topological polar surface area (TPSA) is 40.5 Å². The van der Waals surface area contributed by atoms with Crippen LogP contribution in [0.1, 0.15) is 18.4 Å². The molecule has 0 bridgehead atoms. The maximum Gasteiger partial charge on any atom is 0.232 e. The normalized spacial score (nSPS) is 28.0. The summed E-state index contributed by atoms with van der Waals surface area (Å²) in [5.41, 5.74) is 1.19. The highest BCUT2D eigenvalue weighted by atomic mass is 79.9. The number of fused-ring (bicyclic) bond motifs is 1. The summed E-state index contributed by atoms with van der Waals surface area (Å²) in [5, 5.41) is 9.92. The maximum absolute atomic E-state index is 12.3. The molecule has 0 radical (unpaired) electrons. The molecule has 3 nitrogen and oxygen atoms in total. The van der Waals surface area contributed by atoms with Crippen LogP contribution in [-0.2, 0) is 4.79 Å². The standard InChI is InChI=1S/C16H20BrNO2S/c1-10-6-12(17)3-5-15(10)21-9-16(20)18-7-11-2-4-14(19)13(11)8-18/h3,5-6,11,13-14,19H,2,4,7-9H2,1H3. The minimum Gasteiger partial charge on any atom is -0.393 e. The summed E-state index contributed by atoms with van der Waals surface area (Å²) < 4.78 is 1.07. The lowest BCUT2D eigenvalue weighted by molar-refractivity contribution is -0.127. The first-order chi connectivity index (χ1) is 10.0. The Morgan fingerprint density at radius 2 is 2.24 bits per heavy atom. The smallest absolute Gasteiger partial charge is 0.232 e. The average molecular weight is 370 g/mol. The fourth-order valence-corrected chi connectivity index (χ4v) is 4.83. The molecule has 3 unspecified atom stereocenters. The average Bonchev–Trinajstić information content (AvgIpc) is 3.00. The second kappa shape index (κ2) is 6.31. The highest BCUT2D eigenvalue weighted by Crippen LogP contribution is 2.38. The number of hydrogen-bond donors (Lipinski definition) is 1. The second-order valence-corrected chi connectivity index (χ2v) is 8.00. The predicted octanol–water partition coefficient (Wildman–Crippen LogP) is 3.08. The van der Waals surface area contributed by atoms with Gasteiger partial charge in [0.1, 0.15) is 0 Å². The van der Waals surface area contributed by atoms with E-state index in [9.17, 15) is 9.90 Å². The van der Waals surface area contributed by atoms with E-state index in [4.69, 9.17) is 0 Å². The summed E-state index contributed by atoms with van der Waals surface area (Å²) in [7, 11) is 0. The number of halogens is 1. The van der Waals surface area contributed by atoms with Gasteiger partial charge in [-0.2, -0.15) is 0 Å². The van der Waals surface area contributed by atoms with Gasteiger partial charge < -0.3 is 10.0 Å². The van der Waals surface area contributed by atoms with E-state index in [2.05, 4.69) is 35.0 Å². The molecule has 114 valence electrons. The number of benzene rings is 1. The molecule has 1 aromatic carbocycles. The summed E-state index contributed by atoms with van der Waals surface area (Å²) >= 11 is 5.06. The molecular weight excluding hydrogens is 350 g/mol. The van der Waals surface area contributed by atoms with Gasteiger partial charge in [0, 0.05) is 28.4 Å². The Morgan fingerprint density at radius 1 is 1.43 bits per heavy atom. The van der Waals surface area contributed by atoms with Crippen LogP contribution in [-0.4, -0.2) is 40.9 Å². The van der Waals surface area contributed by atoms with Crippen molar-refractivity contribution in [2.24, 2.45) is 11.8 Å². The summed E-state index contributed by atoms with van der Waals surface area (Å²) in [6, 6.07) is 6.14. The molecule has 3 rings (SSSR count). The molecule has 3 atom stereocenters. The predicted molar refractivity (Wildman–Crippen MR) is 88.4 cm³/mol. The Balaban J connectivity index is 1.55. The summed E-state index contributed by atoms with van der Waals surface area (Å²) in [6.07, 6.45) is 1.77.